The summed E-state index contributed by atoms with van der Waals surface area (Å²) >= 11 is 0. The van der Waals surface area contributed by atoms with Crippen molar-refractivity contribution < 1.29 is 9.47 Å². The molecule has 0 spiro atoms. The van der Waals surface area contributed by atoms with Gasteiger partial charge < -0.3 is 20.1 Å². The number of likely N-dealkylation sites (N-methyl/N-ethyl adjacent to an activating group) is 1. The number of hydrogen-bond donors (Lipinski definition) is 1. The van der Waals surface area contributed by atoms with Gasteiger partial charge >= 0.3 is 0 Å². The molecule has 0 aliphatic carbocycles. The van der Waals surface area contributed by atoms with Crippen molar-refractivity contribution in [3.05, 3.63) is 23.3 Å². The van der Waals surface area contributed by atoms with E-state index in [2.05, 4.69) is 4.90 Å². The molecule has 1 aromatic rings. The molecule has 0 aliphatic heterocycles. The lowest BCUT2D eigenvalue weighted by Gasteiger charge is -2.25. The Hall–Kier alpha value is -1.26. The van der Waals surface area contributed by atoms with Crippen LogP contribution in [0.1, 0.15) is 17.2 Å². The van der Waals surface area contributed by atoms with E-state index in [4.69, 9.17) is 15.2 Å². The van der Waals surface area contributed by atoms with Crippen molar-refractivity contribution in [2.45, 2.75) is 13.0 Å². The number of rotatable bonds is 5. The number of ether oxygens (including phenoxy) is 2. The highest BCUT2D eigenvalue weighted by Gasteiger charge is 2.18. The highest BCUT2D eigenvalue weighted by atomic mass is 16.5. The first-order valence-electron chi connectivity index (χ1n) is 5.64. The number of methoxy groups -OCH3 is 2. The number of nitrogens with zero attached hydrogens (tertiary/aromatic N) is 1. The van der Waals surface area contributed by atoms with E-state index in [1.54, 1.807) is 14.2 Å². The second-order valence-corrected chi connectivity index (χ2v) is 4.28. The molecule has 0 bridgehead atoms. The number of nitrogens with two attached hydrogens (primary N) is 1. The summed E-state index contributed by atoms with van der Waals surface area (Å²) in [5.74, 6) is 1.72. The molecule has 96 valence electrons. The van der Waals surface area contributed by atoms with Crippen LogP contribution in [0.3, 0.4) is 0 Å². The molecule has 1 atom stereocenters. The first-order chi connectivity index (χ1) is 8.04. The lowest BCUT2D eigenvalue weighted by atomic mass is 10.0. The third-order valence-electron chi connectivity index (χ3n) is 2.95. The lowest BCUT2D eigenvalue weighted by Crippen LogP contribution is -2.27. The SMILES string of the molecule is COc1cc(C(CN)N(C)C)c(OC)cc1C. The van der Waals surface area contributed by atoms with Crippen molar-refractivity contribution in [3.8, 4) is 11.5 Å². The van der Waals surface area contributed by atoms with Gasteiger partial charge in [-0.15, -0.1) is 0 Å². The fraction of sp³-hybridized carbons (Fsp3) is 0.538. The van der Waals surface area contributed by atoms with Gasteiger partial charge in [0.1, 0.15) is 11.5 Å². The summed E-state index contributed by atoms with van der Waals surface area (Å²) in [6, 6.07) is 4.12. The van der Waals surface area contributed by atoms with Crippen LogP contribution in [0.5, 0.6) is 11.5 Å². The van der Waals surface area contributed by atoms with Crippen molar-refractivity contribution in [2.24, 2.45) is 5.73 Å². The Bertz CT molecular complexity index is 378. The minimum atomic E-state index is 0.124. The maximum Gasteiger partial charge on any atom is 0.124 e. The van der Waals surface area contributed by atoms with Crippen molar-refractivity contribution in [1.82, 2.24) is 4.90 Å². The lowest BCUT2D eigenvalue weighted by molar-refractivity contribution is 0.293. The second-order valence-electron chi connectivity index (χ2n) is 4.28. The summed E-state index contributed by atoms with van der Waals surface area (Å²) < 4.78 is 10.8. The molecule has 2 N–H and O–H groups in total. The Kier molecular flexibility index (Phi) is 4.78. The van der Waals surface area contributed by atoms with E-state index >= 15 is 0 Å². The average Bonchev–Trinajstić information content (AvgIpc) is 2.30. The molecular formula is C13H22N2O2. The van der Waals surface area contributed by atoms with Crippen LogP contribution < -0.4 is 15.2 Å². The van der Waals surface area contributed by atoms with Gasteiger partial charge in [-0.1, -0.05) is 0 Å². The van der Waals surface area contributed by atoms with Crippen LogP contribution in [-0.2, 0) is 0 Å². The van der Waals surface area contributed by atoms with Crippen LogP contribution in [-0.4, -0.2) is 39.8 Å². The van der Waals surface area contributed by atoms with Gasteiger partial charge in [0.05, 0.1) is 20.3 Å². The zero-order valence-electron chi connectivity index (χ0n) is 11.3. The summed E-state index contributed by atoms with van der Waals surface area (Å²) in [6.45, 7) is 2.54. The fourth-order valence-electron chi connectivity index (χ4n) is 1.95. The molecule has 0 fully saturated rings. The maximum atomic E-state index is 5.82. The Morgan fingerprint density at radius 1 is 1.18 bits per heavy atom. The Morgan fingerprint density at radius 3 is 2.18 bits per heavy atom. The molecule has 0 aromatic heterocycles. The van der Waals surface area contributed by atoms with E-state index < -0.39 is 0 Å². The summed E-state index contributed by atoms with van der Waals surface area (Å²) in [6.07, 6.45) is 0. The molecule has 17 heavy (non-hydrogen) atoms. The van der Waals surface area contributed by atoms with Crippen LogP contribution in [0, 0.1) is 6.92 Å². The van der Waals surface area contributed by atoms with Gasteiger partial charge in [0, 0.05) is 12.1 Å². The molecule has 1 rings (SSSR count). The zero-order chi connectivity index (χ0) is 13.0. The molecule has 0 radical (unpaired) electrons. The van der Waals surface area contributed by atoms with Crippen LogP contribution in [0.4, 0.5) is 0 Å². The zero-order valence-corrected chi connectivity index (χ0v) is 11.3. The Morgan fingerprint density at radius 2 is 1.76 bits per heavy atom. The predicted octanol–water partition coefficient (Wildman–Crippen LogP) is 1.57. The minimum absolute atomic E-state index is 0.124. The fourth-order valence-corrected chi connectivity index (χ4v) is 1.95. The van der Waals surface area contributed by atoms with Gasteiger partial charge in [0.15, 0.2) is 0 Å². The molecule has 4 nitrogen and oxygen atoms in total. The van der Waals surface area contributed by atoms with Gasteiger partial charge in [-0.2, -0.15) is 0 Å². The number of hydrogen-bond acceptors (Lipinski definition) is 4. The van der Waals surface area contributed by atoms with E-state index in [1.165, 1.54) is 0 Å². The van der Waals surface area contributed by atoms with Crippen molar-refractivity contribution >= 4 is 0 Å². The van der Waals surface area contributed by atoms with Crippen LogP contribution in [0.25, 0.3) is 0 Å². The van der Waals surface area contributed by atoms with Crippen molar-refractivity contribution in [1.29, 1.82) is 0 Å². The smallest absolute Gasteiger partial charge is 0.124 e. The molecule has 0 heterocycles. The first-order valence-corrected chi connectivity index (χ1v) is 5.64. The molecular weight excluding hydrogens is 216 g/mol. The largest absolute Gasteiger partial charge is 0.496 e. The maximum absolute atomic E-state index is 5.82. The summed E-state index contributed by atoms with van der Waals surface area (Å²) in [7, 11) is 7.35. The Balaban J connectivity index is 3.28. The average molecular weight is 238 g/mol. The van der Waals surface area contributed by atoms with Crippen molar-refractivity contribution in [2.75, 3.05) is 34.9 Å². The highest BCUT2D eigenvalue weighted by molar-refractivity contribution is 5.47. The Labute approximate surface area is 103 Å². The van der Waals surface area contributed by atoms with Gasteiger partial charge in [-0.3, -0.25) is 0 Å². The molecule has 0 saturated carbocycles. The summed E-state index contributed by atoms with van der Waals surface area (Å²) in [5, 5.41) is 0. The molecule has 1 unspecified atom stereocenters. The third-order valence-corrected chi connectivity index (χ3v) is 2.95. The van der Waals surface area contributed by atoms with Crippen LogP contribution in [0.15, 0.2) is 12.1 Å². The van der Waals surface area contributed by atoms with Crippen molar-refractivity contribution in [3.63, 3.8) is 0 Å². The quantitative estimate of drug-likeness (QED) is 0.846. The third kappa shape index (κ3) is 2.90. The molecule has 0 saturated heterocycles. The monoisotopic (exact) mass is 238 g/mol. The van der Waals surface area contributed by atoms with E-state index in [-0.39, 0.29) is 6.04 Å². The highest BCUT2D eigenvalue weighted by Crippen LogP contribution is 2.33. The van der Waals surface area contributed by atoms with Gasteiger partial charge in [-0.05, 0) is 38.7 Å². The number of benzene rings is 1. The number of aryl methyl sites for hydroxylation is 1. The van der Waals surface area contributed by atoms with E-state index in [9.17, 15) is 0 Å². The van der Waals surface area contributed by atoms with E-state index in [0.717, 1.165) is 22.6 Å². The minimum Gasteiger partial charge on any atom is -0.496 e. The standard InChI is InChI=1S/C13H22N2O2/c1-9-6-13(17-5)10(7-12(9)16-4)11(8-14)15(2)3/h6-7,11H,8,14H2,1-5H3. The van der Waals surface area contributed by atoms with E-state index in [0.29, 0.717) is 6.54 Å². The normalized spacial score (nSPS) is 12.6. The van der Waals surface area contributed by atoms with Gasteiger partial charge in [-0.25, -0.2) is 0 Å². The first kappa shape index (κ1) is 13.8. The summed E-state index contributed by atoms with van der Waals surface area (Å²) in [4.78, 5) is 2.08. The second kappa shape index (κ2) is 5.89. The van der Waals surface area contributed by atoms with Gasteiger partial charge in [0.25, 0.3) is 0 Å². The van der Waals surface area contributed by atoms with Crippen LogP contribution in [0.2, 0.25) is 0 Å². The molecule has 1 aromatic carbocycles. The topological polar surface area (TPSA) is 47.7 Å². The van der Waals surface area contributed by atoms with Gasteiger partial charge in [0.2, 0.25) is 0 Å². The van der Waals surface area contributed by atoms with Crippen LogP contribution >= 0.6 is 0 Å². The molecule has 0 aliphatic rings. The molecule has 4 heteroatoms. The summed E-state index contributed by atoms with van der Waals surface area (Å²) in [5.41, 5.74) is 7.94. The molecule has 0 amide bonds. The predicted molar refractivity (Wildman–Crippen MR) is 69.8 cm³/mol. The van der Waals surface area contributed by atoms with E-state index in [1.807, 2.05) is 33.2 Å².